The fourth-order valence-electron chi connectivity index (χ4n) is 3.87. The summed E-state index contributed by atoms with van der Waals surface area (Å²) >= 11 is 0. The molecule has 0 aromatic rings. The van der Waals surface area contributed by atoms with Gasteiger partial charge in [-0.25, -0.2) is 4.79 Å². The zero-order chi connectivity index (χ0) is 28.4. The predicted molar refractivity (Wildman–Crippen MR) is 161 cm³/mol. The number of rotatable bonds is 18. The number of amides is 2. The topological polar surface area (TPSA) is 75.7 Å². The van der Waals surface area contributed by atoms with Crippen molar-refractivity contribution in [2.24, 2.45) is 5.92 Å². The van der Waals surface area contributed by atoms with E-state index in [4.69, 9.17) is 0 Å². The molecule has 39 heavy (non-hydrogen) atoms. The van der Waals surface area contributed by atoms with Gasteiger partial charge in [-0.05, 0) is 63.7 Å². The van der Waals surface area contributed by atoms with Crippen molar-refractivity contribution in [1.82, 2.24) is 10.2 Å². The van der Waals surface area contributed by atoms with Crippen molar-refractivity contribution >= 4 is 17.8 Å². The highest BCUT2D eigenvalue weighted by Gasteiger charge is 2.22. The molecule has 1 saturated heterocycles. The van der Waals surface area contributed by atoms with E-state index in [0.29, 0.717) is 32.0 Å². The summed E-state index contributed by atoms with van der Waals surface area (Å²) < 4.78 is 4.50. The number of piperidine rings is 1. The summed E-state index contributed by atoms with van der Waals surface area (Å²) in [5.74, 6) is -0.285. The summed E-state index contributed by atoms with van der Waals surface area (Å²) in [6, 6.07) is 0. The van der Waals surface area contributed by atoms with Gasteiger partial charge in [0.1, 0.15) is 0 Å². The van der Waals surface area contributed by atoms with Crippen LogP contribution < -0.4 is 5.32 Å². The summed E-state index contributed by atoms with van der Waals surface area (Å²) in [4.78, 5) is 37.0. The van der Waals surface area contributed by atoms with E-state index in [-0.39, 0.29) is 11.8 Å². The van der Waals surface area contributed by atoms with Crippen molar-refractivity contribution in [3.8, 4) is 0 Å². The molecule has 214 valence electrons. The SMILES string of the molecule is CC/C=C\C/C=C\C/C=C\C/C=C\C/C=C\C/C=C\CCC(=O)NCC1CCN(C(=O)C=CC(=O)OC)CC1. The third kappa shape index (κ3) is 19.3. The van der Waals surface area contributed by atoms with Gasteiger partial charge in [0.2, 0.25) is 11.8 Å². The zero-order valence-corrected chi connectivity index (χ0v) is 23.9. The van der Waals surface area contributed by atoms with E-state index >= 15 is 0 Å². The van der Waals surface area contributed by atoms with E-state index in [9.17, 15) is 14.4 Å². The molecule has 1 fully saturated rings. The van der Waals surface area contributed by atoms with Gasteiger partial charge in [0.15, 0.2) is 0 Å². The Hall–Kier alpha value is -3.41. The Kier molecular flexibility index (Phi) is 20.4. The molecule has 1 aliphatic rings. The number of ether oxygens (including phenoxy) is 1. The molecule has 0 bridgehead atoms. The van der Waals surface area contributed by atoms with Crippen LogP contribution in [0.5, 0.6) is 0 Å². The molecule has 0 unspecified atom stereocenters. The lowest BCUT2D eigenvalue weighted by atomic mass is 9.96. The lowest BCUT2D eigenvalue weighted by molar-refractivity contribution is -0.135. The first-order chi connectivity index (χ1) is 19.1. The largest absolute Gasteiger partial charge is 0.466 e. The highest BCUT2D eigenvalue weighted by Crippen LogP contribution is 2.16. The Balaban J connectivity index is 2.03. The van der Waals surface area contributed by atoms with Gasteiger partial charge in [-0.3, -0.25) is 9.59 Å². The summed E-state index contributed by atoms with van der Waals surface area (Å²) in [6.45, 7) is 4.05. The van der Waals surface area contributed by atoms with Crippen LogP contribution in [0.25, 0.3) is 0 Å². The molecule has 0 atom stereocenters. The Labute approximate surface area is 235 Å². The van der Waals surface area contributed by atoms with Crippen molar-refractivity contribution in [1.29, 1.82) is 0 Å². The molecule has 0 aliphatic carbocycles. The second kappa shape index (κ2) is 23.7. The number of nitrogens with one attached hydrogen (secondary N) is 1. The lowest BCUT2D eigenvalue weighted by Crippen LogP contribution is -2.41. The van der Waals surface area contributed by atoms with Gasteiger partial charge in [-0.2, -0.15) is 0 Å². The number of carbonyl (C=O) groups is 3. The van der Waals surface area contributed by atoms with Crippen LogP contribution in [0, 0.1) is 5.92 Å². The van der Waals surface area contributed by atoms with E-state index in [2.05, 4.69) is 89.9 Å². The number of methoxy groups -OCH3 is 1. The van der Waals surface area contributed by atoms with Crippen molar-refractivity contribution < 1.29 is 19.1 Å². The van der Waals surface area contributed by atoms with Crippen molar-refractivity contribution in [3.63, 3.8) is 0 Å². The minimum atomic E-state index is -0.537. The van der Waals surface area contributed by atoms with Crippen LogP contribution in [0.1, 0.15) is 71.1 Å². The van der Waals surface area contributed by atoms with Gasteiger partial charge in [0.05, 0.1) is 7.11 Å². The van der Waals surface area contributed by atoms with Gasteiger partial charge in [-0.1, -0.05) is 79.8 Å². The molecule has 0 aromatic heterocycles. The normalized spacial score (nSPS) is 15.4. The highest BCUT2D eigenvalue weighted by molar-refractivity contribution is 5.94. The number of esters is 1. The van der Waals surface area contributed by atoms with E-state index in [0.717, 1.165) is 63.9 Å². The fraction of sp³-hybridized carbons (Fsp3) is 0.485. The van der Waals surface area contributed by atoms with E-state index in [1.165, 1.54) is 13.2 Å². The number of hydrogen-bond acceptors (Lipinski definition) is 4. The second-order valence-electron chi connectivity index (χ2n) is 9.38. The van der Waals surface area contributed by atoms with E-state index in [1.807, 2.05) is 0 Å². The quantitative estimate of drug-likeness (QED) is 0.122. The van der Waals surface area contributed by atoms with E-state index < -0.39 is 5.97 Å². The number of nitrogens with zero attached hydrogens (tertiary/aromatic N) is 1. The Morgan fingerprint density at radius 3 is 1.72 bits per heavy atom. The molecule has 0 aromatic carbocycles. The monoisotopic (exact) mass is 536 g/mol. The molecule has 1 aliphatic heterocycles. The summed E-state index contributed by atoms with van der Waals surface area (Å²) in [5, 5.41) is 3.02. The van der Waals surface area contributed by atoms with Gasteiger partial charge in [0.25, 0.3) is 0 Å². The van der Waals surface area contributed by atoms with Gasteiger partial charge < -0.3 is 15.0 Å². The molecule has 2 amide bonds. The first kappa shape index (κ1) is 33.6. The van der Waals surface area contributed by atoms with Crippen LogP contribution in [0.3, 0.4) is 0 Å². The predicted octanol–water partition coefficient (Wildman–Crippen LogP) is 6.55. The number of hydrogen-bond donors (Lipinski definition) is 1. The number of allylic oxidation sites excluding steroid dienone is 12. The third-order valence-corrected chi connectivity index (χ3v) is 6.21. The van der Waals surface area contributed by atoms with Crippen molar-refractivity contribution in [2.75, 3.05) is 26.7 Å². The minimum absolute atomic E-state index is 0.0639. The van der Waals surface area contributed by atoms with Crippen LogP contribution in [-0.2, 0) is 19.1 Å². The first-order valence-corrected chi connectivity index (χ1v) is 14.3. The molecular weight excluding hydrogens is 488 g/mol. The average molecular weight is 537 g/mol. The maximum absolute atomic E-state index is 12.1. The third-order valence-electron chi connectivity index (χ3n) is 6.21. The number of carbonyl (C=O) groups excluding carboxylic acids is 3. The Morgan fingerprint density at radius 2 is 1.23 bits per heavy atom. The number of likely N-dealkylation sites (tertiary alicyclic amines) is 1. The smallest absolute Gasteiger partial charge is 0.330 e. The molecule has 1 rings (SSSR count). The maximum Gasteiger partial charge on any atom is 0.330 e. The minimum Gasteiger partial charge on any atom is -0.466 e. The molecule has 6 nitrogen and oxygen atoms in total. The van der Waals surface area contributed by atoms with Crippen LogP contribution >= 0.6 is 0 Å². The fourth-order valence-corrected chi connectivity index (χ4v) is 3.87. The Morgan fingerprint density at radius 1 is 0.744 bits per heavy atom. The zero-order valence-electron chi connectivity index (χ0n) is 23.9. The molecule has 1 N–H and O–H groups in total. The molecule has 1 heterocycles. The average Bonchev–Trinajstić information content (AvgIpc) is 2.96. The Bertz CT molecular complexity index is 901. The first-order valence-electron chi connectivity index (χ1n) is 14.3. The van der Waals surface area contributed by atoms with Gasteiger partial charge >= 0.3 is 5.97 Å². The second-order valence-corrected chi connectivity index (χ2v) is 9.38. The van der Waals surface area contributed by atoms with Crippen LogP contribution in [0.2, 0.25) is 0 Å². The van der Waals surface area contributed by atoms with Crippen LogP contribution in [0.4, 0.5) is 0 Å². The molecular formula is C33H48N2O4. The standard InChI is InChI=1S/C33H48N2O4/c1-3-4-5-6-7-8-9-10-11-12-13-14-15-16-17-18-19-20-21-22-31(36)34-29-30-25-27-35(28-26-30)32(37)23-24-33(38)39-2/h4-5,7-8,10-11,13-14,16-17,19-20,23-24,30H,3,6,9,12,15,18,21-22,25-29H2,1-2H3,(H,34,36)/b5-4-,8-7-,11-10-,14-13-,17-16-,20-19-,24-23?. The van der Waals surface area contributed by atoms with Gasteiger partial charge in [0, 0.05) is 38.2 Å². The van der Waals surface area contributed by atoms with Crippen LogP contribution in [0.15, 0.2) is 85.1 Å². The van der Waals surface area contributed by atoms with Crippen LogP contribution in [-0.4, -0.2) is 49.4 Å². The van der Waals surface area contributed by atoms with Gasteiger partial charge in [-0.15, -0.1) is 0 Å². The molecule has 0 spiro atoms. The molecule has 0 radical (unpaired) electrons. The maximum atomic E-state index is 12.1. The summed E-state index contributed by atoms with van der Waals surface area (Å²) in [6.07, 6.45) is 37.2. The lowest BCUT2D eigenvalue weighted by Gasteiger charge is -2.31. The van der Waals surface area contributed by atoms with Crippen molar-refractivity contribution in [2.45, 2.75) is 71.1 Å². The van der Waals surface area contributed by atoms with E-state index in [1.54, 1.807) is 4.90 Å². The summed E-state index contributed by atoms with van der Waals surface area (Å²) in [5.41, 5.74) is 0. The molecule has 6 heteroatoms. The highest BCUT2D eigenvalue weighted by atomic mass is 16.5. The van der Waals surface area contributed by atoms with Crippen molar-refractivity contribution in [3.05, 3.63) is 85.1 Å². The molecule has 0 saturated carbocycles. The summed E-state index contributed by atoms with van der Waals surface area (Å²) in [7, 11) is 1.28.